The number of methoxy groups -OCH3 is 3. The molecule has 0 saturated heterocycles. The van der Waals surface area contributed by atoms with E-state index in [9.17, 15) is 14.7 Å². The molecule has 0 fully saturated rings. The minimum absolute atomic E-state index is 0.186. The molecule has 1 atom stereocenters. The topological polar surface area (TPSA) is 85.3 Å². The molecule has 0 bridgehead atoms. The van der Waals surface area contributed by atoms with E-state index in [1.807, 2.05) is 18.2 Å². The molecule has 2 aromatic carbocycles. The van der Waals surface area contributed by atoms with E-state index in [1.54, 1.807) is 19.2 Å². The highest BCUT2D eigenvalue weighted by molar-refractivity contribution is 6.16. The molecule has 3 rings (SSSR count). The van der Waals surface area contributed by atoms with Gasteiger partial charge in [-0.3, -0.25) is 14.5 Å². The minimum Gasteiger partial charge on any atom is -0.496 e. The van der Waals surface area contributed by atoms with Crippen molar-refractivity contribution < 1.29 is 28.9 Å². The molecule has 1 aliphatic rings. The standard InChI is InChI=1S/C27H35NO6/c1-5-28(18-19-11-7-8-12-22(19)32-2)14-10-6-9-13-27(26(30)31)17-20-15-23(33-3)24(34-4)16-21(20)25(27)29/h7-8,11-12,15-16H,5-6,9-10,13-14,17-18H2,1-4H3,(H,30,31). The highest BCUT2D eigenvalue weighted by Crippen LogP contribution is 2.45. The van der Waals surface area contributed by atoms with E-state index in [-0.39, 0.29) is 12.2 Å². The number of hydrogen-bond acceptors (Lipinski definition) is 6. The summed E-state index contributed by atoms with van der Waals surface area (Å²) in [4.78, 5) is 27.8. The van der Waals surface area contributed by atoms with Gasteiger partial charge in [0, 0.05) is 17.7 Å². The Balaban J connectivity index is 1.59. The van der Waals surface area contributed by atoms with Gasteiger partial charge in [0.1, 0.15) is 11.2 Å². The maximum Gasteiger partial charge on any atom is 0.317 e. The molecule has 0 aliphatic heterocycles. The Kier molecular flexibility index (Phi) is 8.56. The van der Waals surface area contributed by atoms with Crippen molar-refractivity contribution in [3.05, 3.63) is 53.1 Å². The fourth-order valence-corrected chi connectivity index (χ4v) is 4.79. The summed E-state index contributed by atoms with van der Waals surface area (Å²) in [5.74, 6) is 0.438. The van der Waals surface area contributed by atoms with Gasteiger partial charge in [0.2, 0.25) is 0 Å². The molecule has 7 heteroatoms. The average molecular weight is 470 g/mol. The predicted molar refractivity (Wildman–Crippen MR) is 130 cm³/mol. The fourth-order valence-electron chi connectivity index (χ4n) is 4.79. The molecule has 0 amide bonds. The van der Waals surface area contributed by atoms with Crippen LogP contribution in [-0.2, 0) is 17.8 Å². The fraction of sp³-hybridized carbons (Fsp3) is 0.481. The summed E-state index contributed by atoms with van der Waals surface area (Å²) < 4.78 is 16.1. The highest BCUT2D eigenvalue weighted by Gasteiger charge is 2.51. The van der Waals surface area contributed by atoms with Gasteiger partial charge in [-0.25, -0.2) is 0 Å². The van der Waals surface area contributed by atoms with Crippen LogP contribution in [0.4, 0.5) is 0 Å². The Bertz CT molecular complexity index is 1020. The van der Waals surface area contributed by atoms with Gasteiger partial charge < -0.3 is 19.3 Å². The third-order valence-electron chi connectivity index (χ3n) is 6.80. The lowest BCUT2D eigenvalue weighted by molar-refractivity contribution is -0.146. The number of ketones is 1. The van der Waals surface area contributed by atoms with Crippen molar-refractivity contribution in [2.45, 2.75) is 45.6 Å². The second kappa shape index (κ2) is 11.4. The maximum absolute atomic E-state index is 13.2. The molecule has 7 nitrogen and oxygen atoms in total. The number of rotatable bonds is 13. The van der Waals surface area contributed by atoms with Gasteiger partial charge in [0.25, 0.3) is 0 Å². The number of unbranched alkanes of at least 4 members (excludes halogenated alkanes) is 2. The molecule has 34 heavy (non-hydrogen) atoms. The SMILES string of the molecule is CCN(CCCCCC1(C(=O)O)Cc2cc(OC)c(OC)cc2C1=O)Cc1ccccc1OC. The van der Waals surface area contributed by atoms with Gasteiger partial charge in [-0.15, -0.1) is 0 Å². The number of para-hydroxylation sites is 1. The van der Waals surface area contributed by atoms with Gasteiger partial charge in [0.15, 0.2) is 17.3 Å². The van der Waals surface area contributed by atoms with E-state index in [1.165, 1.54) is 14.2 Å². The van der Waals surface area contributed by atoms with Crippen molar-refractivity contribution in [2.24, 2.45) is 5.41 Å². The van der Waals surface area contributed by atoms with Crippen molar-refractivity contribution in [1.82, 2.24) is 4.90 Å². The number of nitrogens with zero attached hydrogens (tertiary/aromatic N) is 1. The lowest BCUT2D eigenvalue weighted by atomic mass is 9.79. The van der Waals surface area contributed by atoms with Crippen molar-refractivity contribution in [2.75, 3.05) is 34.4 Å². The third-order valence-corrected chi connectivity index (χ3v) is 6.80. The van der Waals surface area contributed by atoms with Crippen molar-refractivity contribution in [3.63, 3.8) is 0 Å². The van der Waals surface area contributed by atoms with Gasteiger partial charge in [0.05, 0.1) is 21.3 Å². The van der Waals surface area contributed by atoms with Crippen LogP contribution in [0.15, 0.2) is 36.4 Å². The molecule has 0 saturated carbocycles. The van der Waals surface area contributed by atoms with Crippen LogP contribution in [0.5, 0.6) is 17.2 Å². The van der Waals surface area contributed by atoms with Crippen molar-refractivity contribution in [1.29, 1.82) is 0 Å². The van der Waals surface area contributed by atoms with Crippen LogP contribution in [-0.4, -0.2) is 56.2 Å². The van der Waals surface area contributed by atoms with E-state index < -0.39 is 11.4 Å². The molecule has 0 aromatic heterocycles. The van der Waals surface area contributed by atoms with Crippen LogP contribution in [0.25, 0.3) is 0 Å². The van der Waals surface area contributed by atoms with E-state index in [4.69, 9.17) is 14.2 Å². The average Bonchev–Trinajstić information content (AvgIpc) is 3.14. The summed E-state index contributed by atoms with van der Waals surface area (Å²) in [5.41, 5.74) is 0.867. The van der Waals surface area contributed by atoms with E-state index in [0.29, 0.717) is 35.5 Å². The van der Waals surface area contributed by atoms with Crippen LogP contribution >= 0.6 is 0 Å². The molecule has 0 radical (unpaired) electrons. The largest absolute Gasteiger partial charge is 0.496 e. The Morgan fingerprint density at radius 2 is 1.68 bits per heavy atom. The monoisotopic (exact) mass is 469 g/mol. The van der Waals surface area contributed by atoms with Crippen molar-refractivity contribution >= 4 is 11.8 Å². The number of carboxylic acids is 1. The smallest absolute Gasteiger partial charge is 0.317 e. The third kappa shape index (κ3) is 5.20. The molecule has 1 unspecified atom stereocenters. The normalized spacial score (nSPS) is 17.0. The van der Waals surface area contributed by atoms with Crippen LogP contribution in [0, 0.1) is 5.41 Å². The van der Waals surface area contributed by atoms with Crippen LogP contribution in [0.1, 0.15) is 54.1 Å². The lowest BCUT2D eigenvalue weighted by Crippen LogP contribution is -2.37. The molecule has 184 valence electrons. The molecular weight excluding hydrogens is 434 g/mol. The first-order chi connectivity index (χ1) is 16.4. The summed E-state index contributed by atoms with van der Waals surface area (Å²) >= 11 is 0. The number of carbonyl (C=O) groups excluding carboxylic acids is 1. The number of benzene rings is 2. The molecule has 2 aromatic rings. The summed E-state index contributed by atoms with van der Waals surface area (Å²) in [6.07, 6.45) is 2.96. The van der Waals surface area contributed by atoms with Gasteiger partial charge in [-0.2, -0.15) is 0 Å². The quantitative estimate of drug-likeness (QED) is 0.339. The number of hydrogen-bond donors (Lipinski definition) is 1. The summed E-state index contributed by atoms with van der Waals surface area (Å²) in [7, 11) is 4.71. The first kappa shape index (κ1) is 25.6. The van der Waals surface area contributed by atoms with Crippen LogP contribution < -0.4 is 14.2 Å². The minimum atomic E-state index is -1.42. The second-order valence-electron chi connectivity index (χ2n) is 8.75. The summed E-state index contributed by atoms with van der Waals surface area (Å²) in [6.45, 7) is 4.74. The Morgan fingerprint density at radius 1 is 1.00 bits per heavy atom. The number of Topliss-reactive ketones (excluding diaryl/α,β-unsaturated/α-hetero) is 1. The first-order valence-corrected chi connectivity index (χ1v) is 11.8. The maximum atomic E-state index is 13.2. The Hall–Kier alpha value is -3.06. The van der Waals surface area contributed by atoms with Crippen LogP contribution in [0.2, 0.25) is 0 Å². The zero-order valence-electron chi connectivity index (χ0n) is 20.6. The molecule has 1 aliphatic carbocycles. The van der Waals surface area contributed by atoms with Gasteiger partial charge >= 0.3 is 5.97 Å². The zero-order chi connectivity index (χ0) is 24.7. The molecule has 0 spiro atoms. The number of fused-ring (bicyclic) bond motifs is 1. The Labute approximate surface area is 201 Å². The van der Waals surface area contributed by atoms with E-state index in [0.717, 1.165) is 43.8 Å². The van der Waals surface area contributed by atoms with Gasteiger partial charge in [-0.05, 0) is 56.1 Å². The van der Waals surface area contributed by atoms with Crippen molar-refractivity contribution in [3.8, 4) is 17.2 Å². The first-order valence-electron chi connectivity index (χ1n) is 11.8. The Morgan fingerprint density at radius 3 is 2.32 bits per heavy atom. The highest BCUT2D eigenvalue weighted by atomic mass is 16.5. The van der Waals surface area contributed by atoms with Crippen LogP contribution in [0.3, 0.4) is 0 Å². The number of ether oxygens (including phenoxy) is 3. The van der Waals surface area contributed by atoms with E-state index >= 15 is 0 Å². The second-order valence-corrected chi connectivity index (χ2v) is 8.75. The van der Waals surface area contributed by atoms with E-state index in [2.05, 4.69) is 17.9 Å². The zero-order valence-corrected chi connectivity index (χ0v) is 20.6. The summed E-state index contributed by atoms with van der Waals surface area (Å²) in [6, 6.07) is 11.4. The molecule has 1 N–H and O–H groups in total. The number of carboxylic acid groups (broad SMARTS) is 1. The predicted octanol–water partition coefficient (Wildman–Crippen LogP) is 4.60. The molecular formula is C27H35NO6. The number of aliphatic carboxylic acids is 1. The number of carbonyl (C=O) groups is 2. The van der Waals surface area contributed by atoms with Gasteiger partial charge in [-0.1, -0.05) is 38.0 Å². The summed E-state index contributed by atoms with van der Waals surface area (Å²) in [5, 5.41) is 10.1. The lowest BCUT2D eigenvalue weighted by Gasteiger charge is -2.23. The molecule has 0 heterocycles.